The first kappa shape index (κ1) is 19.7. The number of carbonyl (C=O) groups excluding carboxylic acids is 1. The van der Waals surface area contributed by atoms with Crippen molar-refractivity contribution >= 4 is 23.2 Å². The zero-order valence-corrected chi connectivity index (χ0v) is 17.3. The molecule has 0 atom stereocenters. The second-order valence-corrected chi connectivity index (χ2v) is 7.20. The first-order valence-corrected chi connectivity index (χ1v) is 9.80. The van der Waals surface area contributed by atoms with Gasteiger partial charge in [-0.1, -0.05) is 48.0 Å². The molecule has 0 saturated heterocycles. The lowest BCUT2D eigenvalue weighted by Crippen LogP contribution is -2.13. The maximum atomic E-state index is 12.8. The highest BCUT2D eigenvalue weighted by atomic mass is 35.5. The minimum Gasteiger partial charge on any atom is -0.496 e. The Morgan fingerprint density at radius 1 is 1.07 bits per heavy atom. The van der Waals surface area contributed by atoms with Crippen LogP contribution in [0, 0.1) is 6.92 Å². The predicted octanol–water partition coefficient (Wildman–Crippen LogP) is 5.97. The summed E-state index contributed by atoms with van der Waals surface area (Å²) in [4.78, 5) is 20.6. The Kier molecular flexibility index (Phi) is 5.55. The summed E-state index contributed by atoms with van der Waals surface area (Å²) in [7, 11) is 1.59. The number of carbonyl (C=O) groups is 1. The van der Waals surface area contributed by atoms with Crippen molar-refractivity contribution in [3.8, 4) is 28.4 Å². The molecule has 4 aromatic rings. The number of aromatic amines is 1. The van der Waals surface area contributed by atoms with Crippen LogP contribution in [-0.2, 0) is 0 Å². The number of nitrogens with one attached hydrogen (secondary N) is 2. The van der Waals surface area contributed by atoms with Gasteiger partial charge in [0.15, 0.2) is 0 Å². The number of hydrogen-bond acceptors (Lipinski definition) is 3. The summed E-state index contributed by atoms with van der Waals surface area (Å²) in [6.07, 6.45) is 1.77. The lowest BCUT2D eigenvalue weighted by Gasteiger charge is -2.12. The standard InChI is InChI=1S/C24H20ClN3O2/c1-15-18(9-6-10-22(15)30-2)24(29)27-17-11-12-20(25)19(13-17)23-26-14-21(28-23)16-7-4-3-5-8-16/h3-14H,1-2H3,(H,26,28)(H,27,29). The summed E-state index contributed by atoms with van der Waals surface area (Å²) >= 11 is 6.42. The number of nitrogens with zero attached hydrogens (tertiary/aromatic N) is 1. The van der Waals surface area contributed by atoms with Crippen LogP contribution in [0.5, 0.6) is 5.75 Å². The molecule has 1 heterocycles. The molecule has 1 amide bonds. The van der Waals surface area contributed by atoms with Crippen molar-refractivity contribution in [2.75, 3.05) is 12.4 Å². The Morgan fingerprint density at radius 3 is 2.63 bits per heavy atom. The fourth-order valence-corrected chi connectivity index (χ4v) is 3.49. The Hall–Kier alpha value is -3.57. The summed E-state index contributed by atoms with van der Waals surface area (Å²) in [6.45, 7) is 1.86. The number of hydrogen-bond donors (Lipinski definition) is 2. The molecule has 3 aromatic carbocycles. The van der Waals surface area contributed by atoms with Crippen molar-refractivity contribution in [1.29, 1.82) is 0 Å². The summed E-state index contributed by atoms with van der Waals surface area (Å²) in [5.41, 5.74) is 4.59. The largest absolute Gasteiger partial charge is 0.496 e. The summed E-state index contributed by atoms with van der Waals surface area (Å²) < 4.78 is 5.31. The maximum Gasteiger partial charge on any atom is 0.256 e. The van der Waals surface area contributed by atoms with E-state index in [1.54, 1.807) is 37.6 Å². The number of amides is 1. The van der Waals surface area contributed by atoms with Crippen LogP contribution in [0.3, 0.4) is 0 Å². The highest BCUT2D eigenvalue weighted by molar-refractivity contribution is 6.33. The van der Waals surface area contributed by atoms with Gasteiger partial charge >= 0.3 is 0 Å². The normalized spacial score (nSPS) is 10.6. The summed E-state index contributed by atoms with van der Waals surface area (Å²) in [6, 6.07) is 20.6. The number of methoxy groups -OCH3 is 1. The smallest absolute Gasteiger partial charge is 0.256 e. The van der Waals surface area contributed by atoms with Crippen LogP contribution in [-0.4, -0.2) is 23.0 Å². The molecule has 150 valence electrons. The molecular weight excluding hydrogens is 398 g/mol. The average Bonchev–Trinajstić information content (AvgIpc) is 3.26. The van der Waals surface area contributed by atoms with E-state index in [0.29, 0.717) is 33.4 Å². The maximum absolute atomic E-state index is 12.8. The van der Waals surface area contributed by atoms with Gasteiger partial charge in [-0.2, -0.15) is 0 Å². The number of anilines is 1. The van der Waals surface area contributed by atoms with Crippen molar-refractivity contribution in [2.45, 2.75) is 6.92 Å². The van der Waals surface area contributed by atoms with Gasteiger partial charge in [0.2, 0.25) is 0 Å². The fraction of sp³-hybridized carbons (Fsp3) is 0.0833. The van der Waals surface area contributed by atoms with E-state index in [1.807, 2.05) is 49.4 Å². The SMILES string of the molecule is COc1cccc(C(=O)Nc2ccc(Cl)c(-c3ncc(-c4ccccc4)[nH]3)c2)c1C. The summed E-state index contributed by atoms with van der Waals surface area (Å²) in [5, 5.41) is 3.47. The Bertz CT molecular complexity index is 1200. The molecule has 6 heteroatoms. The lowest BCUT2D eigenvalue weighted by molar-refractivity contribution is 0.102. The zero-order valence-electron chi connectivity index (χ0n) is 16.6. The van der Waals surface area contributed by atoms with Crippen LogP contribution in [0.2, 0.25) is 5.02 Å². The average molecular weight is 418 g/mol. The molecule has 0 fully saturated rings. The van der Waals surface area contributed by atoms with Gasteiger partial charge in [-0.3, -0.25) is 4.79 Å². The molecule has 5 nitrogen and oxygen atoms in total. The molecule has 4 rings (SSSR count). The lowest BCUT2D eigenvalue weighted by atomic mass is 10.1. The van der Waals surface area contributed by atoms with Crippen molar-refractivity contribution in [2.24, 2.45) is 0 Å². The molecule has 0 unspecified atom stereocenters. The van der Waals surface area contributed by atoms with E-state index >= 15 is 0 Å². The second-order valence-electron chi connectivity index (χ2n) is 6.79. The minimum atomic E-state index is -0.218. The zero-order chi connectivity index (χ0) is 21.1. The van der Waals surface area contributed by atoms with Crippen LogP contribution in [0.4, 0.5) is 5.69 Å². The molecular formula is C24H20ClN3O2. The number of ether oxygens (including phenoxy) is 1. The van der Waals surface area contributed by atoms with E-state index in [1.165, 1.54) is 0 Å². The quantitative estimate of drug-likeness (QED) is 0.420. The van der Waals surface area contributed by atoms with Gasteiger partial charge in [-0.25, -0.2) is 4.98 Å². The Labute approximate surface area is 179 Å². The van der Waals surface area contributed by atoms with Crippen molar-refractivity contribution in [1.82, 2.24) is 9.97 Å². The number of imidazole rings is 1. The highest BCUT2D eigenvalue weighted by Gasteiger charge is 2.15. The number of halogens is 1. The molecule has 1 aromatic heterocycles. The van der Waals surface area contributed by atoms with E-state index in [2.05, 4.69) is 15.3 Å². The number of rotatable bonds is 5. The molecule has 0 spiro atoms. The topological polar surface area (TPSA) is 67.0 Å². The highest BCUT2D eigenvalue weighted by Crippen LogP contribution is 2.31. The van der Waals surface area contributed by atoms with Gasteiger partial charge in [0.05, 0.1) is 24.0 Å². The van der Waals surface area contributed by atoms with Gasteiger partial charge < -0.3 is 15.0 Å². The van der Waals surface area contributed by atoms with Gasteiger partial charge in [0.25, 0.3) is 5.91 Å². The van der Waals surface area contributed by atoms with Crippen LogP contribution in [0.15, 0.2) is 72.9 Å². The van der Waals surface area contributed by atoms with Crippen LogP contribution < -0.4 is 10.1 Å². The third-order valence-electron chi connectivity index (χ3n) is 4.89. The molecule has 0 aliphatic carbocycles. The number of aromatic nitrogens is 2. The van der Waals surface area contributed by atoms with Crippen LogP contribution in [0.25, 0.3) is 22.6 Å². The first-order valence-electron chi connectivity index (χ1n) is 9.42. The molecule has 0 saturated carbocycles. The predicted molar refractivity (Wildman–Crippen MR) is 120 cm³/mol. The molecule has 0 bridgehead atoms. The van der Waals surface area contributed by atoms with Crippen LogP contribution >= 0.6 is 11.6 Å². The second kappa shape index (κ2) is 8.43. The van der Waals surface area contributed by atoms with Crippen molar-refractivity contribution < 1.29 is 9.53 Å². The molecule has 0 aliphatic rings. The Balaban J connectivity index is 1.62. The summed E-state index contributed by atoms with van der Waals surface area (Å²) in [5.74, 6) is 1.08. The van der Waals surface area contributed by atoms with E-state index < -0.39 is 0 Å². The van der Waals surface area contributed by atoms with E-state index in [9.17, 15) is 4.79 Å². The fourth-order valence-electron chi connectivity index (χ4n) is 3.29. The number of H-pyrrole nitrogens is 1. The third-order valence-corrected chi connectivity index (χ3v) is 5.22. The Morgan fingerprint density at radius 2 is 1.87 bits per heavy atom. The van der Waals surface area contributed by atoms with Crippen LogP contribution in [0.1, 0.15) is 15.9 Å². The first-order chi connectivity index (χ1) is 14.6. The van der Waals surface area contributed by atoms with Gasteiger partial charge in [0.1, 0.15) is 11.6 Å². The molecule has 0 aliphatic heterocycles. The molecule has 2 N–H and O–H groups in total. The third kappa shape index (κ3) is 3.93. The molecule has 0 radical (unpaired) electrons. The minimum absolute atomic E-state index is 0.218. The van der Waals surface area contributed by atoms with Gasteiger partial charge in [-0.15, -0.1) is 0 Å². The number of benzene rings is 3. The van der Waals surface area contributed by atoms with Crippen molar-refractivity contribution in [3.63, 3.8) is 0 Å². The molecule has 30 heavy (non-hydrogen) atoms. The van der Waals surface area contributed by atoms with Crippen molar-refractivity contribution in [3.05, 3.63) is 89.1 Å². The van der Waals surface area contributed by atoms with Gasteiger partial charge in [-0.05, 0) is 42.8 Å². The monoisotopic (exact) mass is 417 g/mol. The van der Waals surface area contributed by atoms with E-state index in [-0.39, 0.29) is 5.91 Å². The van der Waals surface area contributed by atoms with E-state index in [0.717, 1.165) is 16.8 Å². The van der Waals surface area contributed by atoms with Gasteiger partial charge in [0, 0.05) is 22.4 Å². The van der Waals surface area contributed by atoms with E-state index in [4.69, 9.17) is 16.3 Å².